The highest BCUT2D eigenvalue weighted by molar-refractivity contribution is 6.05. The van der Waals surface area contributed by atoms with E-state index in [0.29, 0.717) is 30.2 Å². The van der Waals surface area contributed by atoms with Crippen LogP contribution >= 0.6 is 0 Å². The number of ether oxygens (including phenoxy) is 2. The maximum absolute atomic E-state index is 14.7. The number of halogens is 4. The molecule has 1 fully saturated rings. The maximum atomic E-state index is 14.7. The number of rotatable bonds is 7. The maximum Gasteiger partial charge on any atom is 0.420 e. The topological polar surface area (TPSA) is 123 Å². The van der Waals surface area contributed by atoms with Crippen molar-refractivity contribution in [2.45, 2.75) is 18.6 Å². The number of aromatic nitrogens is 4. The SMILES string of the molecule is COc1ccc(NC(=O)c2ccc(F)c(Nc3ncnc4cnc(NC5CCOC5)nc34)c2)cc1C(F)(F)F. The van der Waals surface area contributed by atoms with Gasteiger partial charge in [0.1, 0.15) is 28.9 Å². The number of nitrogens with zero attached hydrogens (tertiary/aromatic N) is 4. The van der Waals surface area contributed by atoms with Gasteiger partial charge in [-0.2, -0.15) is 13.2 Å². The first-order valence-electron chi connectivity index (χ1n) is 11.7. The van der Waals surface area contributed by atoms with Crippen LogP contribution in [0.5, 0.6) is 5.75 Å². The van der Waals surface area contributed by atoms with Gasteiger partial charge in [-0.1, -0.05) is 0 Å². The Hall–Kier alpha value is -4.59. The van der Waals surface area contributed by atoms with Gasteiger partial charge in [-0.3, -0.25) is 4.79 Å². The van der Waals surface area contributed by atoms with Gasteiger partial charge in [-0.25, -0.2) is 24.3 Å². The molecule has 1 amide bonds. The summed E-state index contributed by atoms with van der Waals surface area (Å²) in [6.45, 7) is 1.15. The predicted octanol–water partition coefficient (Wildman–Crippen LogP) is 4.78. The van der Waals surface area contributed by atoms with Gasteiger partial charge in [0.05, 0.1) is 37.2 Å². The van der Waals surface area contributed by atoms with E-state index >= 15 is 0 Å². The fourth-order valence-corrected chi connectivity index (χ4v) is 3.95. The molecule has 1 aliphatic heterocycles. The number of hydrogen-bond donors (Lipinski definition) is 3. The smallest absolute Gasteiger partial charge is 0.420 e. The van der Waals surface area contributed by atoms with Crippen LogP contribution < -0.4 is 20.7 Å². The van der Waals surface area contributed by atoms with Crippen LogP contribution in [0, 0.1) is 5.82 Å². The molecule has 1 aliphatic rings. The van der Waals surface area contributed by atoms with Gasteiger partial charge in [0.25, 0.3) is 5.91 Å². The third-order valence-corrected chi connectivity index (χ3v) is 5.88. The van der Waals surface area contributed by atoms with Crippen LogP contribution in [0.2, 0.25) is 0 Å². The number of carbonyl (C=O) groups excluding carboxylic acids is 1. The number of fused-ring (bicyclic) bond motifs is 1. The largest absolute Gasteiger partial charge is 0.496 e. The minimum atomic E-state index is -4.69. The number of amides is 1. The van der Waals surface area contributed by atoms with Crippen LogP contribution in [-0.4, -0.2) is 52.2 Å². The number of alkyl halides is 3. The Balaban J connectivity index is 1.39. The molecule has 2 aromatic carbocycles. The van der Waals surface area contributed by atoms with Crippen molar-refractivity contribution in [1.29, 1.82) is 0 Å². The van der Waals surface area contributed by atoms with Crippen LogP contribution in [0.15, 0.2) is 48.9 Å². The molecule has 14 heteroatoms. The molecule has 0 bridgehead atoms. The number of carbonyl (C=O) groups is 1. The Kier molecular flexibility index (Phi) is 7.11. The van der Waals surface area contributed by atoms with E-state index in [1.807, 2.05) is 0 Å². The molecule has 3 heterocycles. The molecule has 1 unspecified atom stereocenters. The highest BCUT2D eigenvalue weighted by Crippen LogP contribution is 2.38. The average molecular weight is 543 g/mol. The summed E-state index contributed by atoms with van der Waals surface area (Å²) in [5.74, 6) is -1.35. The lowest BCUT2D eigenvalue weighted by Gasteiger charge is -2.14. The average Bonchev–Trinajstić information content (AvgIpc) is 3.42. The molecule has 3 N–H and O–H groups in total. The minimum absolute atomic E-state index is 0.0140. The second-order valence-corrected chi connectivity index (χ2v) is 8.54. The summed E-state index contributed by atoms with van der Waals surface area (Å²) < 4.78 is 64.9. The van der Waals surface area contributed by atoms with E-state index < -0.39 is 23.5 Å². The number of methoxy groups -OCH3 is 1. The first-order valence-corrected chi connectivity index (χ1v) is 11.7. The zero-order valence-electron chi connectivity index (χ0n) is 20.3. The van der Waals surface area contributed by atoms with Crippen molar-refractivity contribution in [3.05, 3.63) is 65.9 Å². The third kappa shape index (κ3) is 5.80. The van der Waals surface area contributed by atoms with E-state index in [0.717, 1.165) is 31.7 Å². The molecular weight excluding hydrogens is 522 g/mol. The number of nitrogens with one attached hydrogen (secondary N) is 3. The molecule has 202 valence electrons. The zero-order chi connectivity index (χ0) is 27.6. The van der Waals surface area contributed by atoms with Crippen molar-refractivity contribution in [1.82, 2.24) is 19.9 Å². The molecule has 2 aromatic heterocycles. The second-order valence-electron chi connectivity index (χ2n) is 8.54. The minimum Gasteiger partial charge on any atom is -0.496 e. The summed E-state index contributed by atoms with van der Waals surface area (Å²) in [5, 5.41) is 8.39. The molecule has 0 spiro atoms. The normalized spacial score (nSPS) is 15.3. The first kappa shape index (κ1) is 26.0. The summed E-state index contributed by atoms with van der Waals surface area (Å²) in [6, 6.07) is 6.65. The van der Waals surface area contributed by atoms with E-state index in [1.165, 1.54) is 30.7 Å². The standard InChI is InChI=1S/C25H21F4N7O3/c1-38-20-5-3-14(9-16(20)25(27,28)29)33-23(37)13-2-4-17(26)18(8-13)35-22-21-19(31-12-32-22)10-30-24(36-21)34-15-6-7-39-11-15/h2-5,8-10,12,15H,6-7,11H2,1H3,(H,33,37)(H,30,34,36)(H,31,32,35). The second kappa shape index (κ2) is 10.6. The van der Waals surface area contributed by atoms with Crippen molar-refractivity contribution in [3.8, 4) is 5.75 Å². The van der Waals surface area contributed by atoms with Crippen LogP contribution in [-0.2, 0) is 10.9 Å². The van der Waals surface area contributed by atoms with Crippen molar-refractivity contribution >= 4 is 40.1 Å². The van der Waals surface area contributed by atoms with Crippen LogP contribution in [0.3, 0.4) is 0 Å². The van der Waals surface area contributed by atoms with E-state index in [4.69, 9.17) is 9.47 Å². The van der Waals surface area contributed by atoms with Crippen molar-refractivity contribution in [2.75, 3.05) is 36.3 Å². The number of hydrogen-bond acceptors (Lipinski definition) is 9. The molecule has 5 rings (SSSR count). The zero-order valence-corrected chi connectivity index (χ0v) is 20.3. The Morgan fingerprint density at radius 2 is 1.97 bits per heavy atom. The Labute approximate surface area is 218 Å². The summed E-state index contributed by atoms with van der Waals surface area (Å²) in [7, 11) is 1.12. The Bertz CT molecular complexity index is 1530. The summed E-state index contributed by atoms with van der Waals surface area (Å²) in [5.41, 5.74) is -0.573. The quantitative estimate of drug-likeness (QED) is 0.283. The monoisotopic (exact) mass is 543 g/mol. The van der Waals surface area contributed by atoms with Crippen LogP contribution in [0.25, 0.3) is 11.0 Å². The van der Waals surface area contributed by atoms with E-state index in [2.05, 4.69) is 35.9 Å². The van der Waals surface area contributed by atoms with Gasteiger partial charge in [-0.05, 0) is 42.8 Å². The molecule has 1 saturated heterocycles. The lowest BCUT2D eigenvalue weighted by Crippen LogP contribution is -2.20. The van der Waals surface area contributed by atoms with Crippen LogP contribution in [0.4, 0.5) is 40.7 Å². The molecule has 0 radical (unpaired) electrons. The molecule has 0 saturated carbocycles. The lowest BCUT2D eigenvalue weighted by molar-refractivity contribution is -0.138. The highest BCUT2D eigenvalue weighted by Gasteiger charge is 2.34. The van der Waals surface area contributed by atoms with Crippen LogP contribution in [0.1, 0.15) is 22.3 Å². The van der Waals surface area contributed by atoms with Crippen molar-refractivity contribution in [2.24, 2.45) is 0 Å². The third-order valence-electron chi connectivity index (χ3n) is 5.88. The van der Waals surface area contributed by atoms with Gasteiger partial charge in [0.2, 0.25) is 5.95 Å². The van der Waals surface area contributed by atoms with Gasteiger partial charge in [0, 0.05) is 17.9 Å². The first-order chi connectivity index (χ1) is 18.7. The number of benzene rings is 2. The van der Waals surface area contributed by atoms with Crippen molar-refractivity contribution < 1.29 is 31.8 Å². The lowest BCUT2D eigenvalue weighted by atomic mass is 10.1. The summed E-state index contributed by atoms with van der Waals surface area (Å²) >= 11 is 0. The van der Waals surface area contributed by atoms with E-state index in [-0.39, 0.29) is 34.5 Å². The van der Waals surface area contributed by atoms with E-state index in [9.17, 15) is 22.4 Å². The molecule has 0 aliphatic carbocycles. The molecule has 10 nitrogen and oxygen atoms in total. The highest BCUT2D eigenvalue weighted by atomic mass is 19.4. The number of anilines is 4. The van der Waals surface area contributed by atoms with Gasteiger partial charge in [-0.15, -0.1) is 0 Å². The van der Waals surface area contributed by atoms with Gasteiger partial charge < -0.3 is 25.4 Å². The van der Waals surface area contributed by atoms with E-state index in [1.54, 1.807) is 0 Å². The predicted molar refractivity (Wildman–Crippen MR) is 134 cm³/mol. The molecule has 1 atom stereocenters. The Morgan fingerprint density at radius 1 is 1.13 bits per heavy atom. The molecular formula is C25H21F4N7O3. The fraction of sp³-hybridized carbons (Fsp3) is 0.240. The fourth-order valence-electron chi connectivity index (χ4n) is 3.95. The Morgan fingerprint density at radius 3 is 2.72 bits per heavy atom. The summed E-state index contributed by atoms with van der Waals surface area (Å²) in [4.78, 5) is 29.8. The van der Waals surface area contributed by atoms with Crippen molar-refractivity contribution in [3.63, 3.8) is 0 Å². The molecule has 4 aromatic rings. The van der Waals surface area contributed by atoms with Gasteiger partial charge >= 0.3 is 6.18 Å². The molecule has 39 heavy (non-hydrogen) atoms. The summed E-state index contributed by atoms with van der Waals surface area (Å²) in [6.07, 6.45) is -1.14. The van der Waals surface area contributed by atoms with Gasteiger partial charge in [0.15, 0.2) is 5.82 Å².